The van der Waals surface area contributed by atoms with Crippen molar-refractivity contribution in [2.75, 3.05) is 18.6 Å². The molecule has 1 unspecified atom stereocenters. The molecular weight excluding hydrogens is 220 g/mol. The molecule has 0 bridgehead atoms. The van der Waals surface area contributed by atoms with Crippen LogP contribution in [0.4, 0.5) is 0 Å². The number of amides is 1. The Bertz CT molecular complexity index is 292. The molecule has 0 aromatic carbocycles. The van der Waals surface area contributed by atoms with E-state index in [9.17, 15) is 4.79 Å². The van der Waals surface area contributed by atoms with Gasteiger partial charge >= 0.3 is 0 Å². The summed E-state index contributed by atoms with van der Waals surface area (Å²) in [4.78, 5) is 11.9. The standard InChI is InChI=1S/C12H20N2OS/c1-9-4-12(5-9,8-13)11(15)14-6-10(2)7-16-3/h9-10H,4-7H2,1-3H3,(H,14,15). The molecule has 1 N–H and O–H groups in total. The van der Waals surface area contributed by atoms with E-state index in [1.807, 2.05) is 0 Å². The Kier molecular flexibility index (Phi) is 4.67. The number of nitrogens with zero attached hydrogens (tertiary/aromatic N) is 1. The van der Waals surface area contributed by atoms with Crippen molar-refractivity contribution in [2.45, 2.75) is 26.7 Å². The van der Waals surface area contributed by atoms with Crippen LogP contribution in [0.15, 0.2) is 0 Å². The van der Waals surface area contributed by atoms with Gasteiger partial charge in [-0.15, -0.1) is 0 Å². The summed E-state index contributed by atoms with van der Waals surface area (Å²) >= 11 is 1.78. The Labute approximate surface area is 102 Å². The summed E-state index contributed by atoms with van der Waals surface area (Å²) in [7, 11) is 0. The summed E-state index contributed by atoms with van der Waals surface area (Å²) in [5.74, 6) is 1.94. The van der Waals surface area contributed by atoms with E-state index in [1.165, 1.54) is 0 Å². The topological polar surface area (TPSA) is 52.9 Å². The van der Waals surface area contributed by atoms with E-state index in [2.05, 4.69) is 31.5 Å². The quantitative estimate of drug-likeness (QED) is 0.800. The van der Waals surface area contributed by atoms with Gasteiger partial charge in [0.2, 0.25) is 5.91 Å². The summed E-state index contributed by atoms with van der Waals surface area (Å²) in [6.45, 7) is 4.87. The molecule has 0 radical (unpaired) electrons. The minimum Gasteiger partial charge on any atom is -0.354 e. The molecule has 0 aliphatic heterocycles. The second-order valence-corrected chi connectivity index (χ2v) is 5.89. The van der Waals surface area contributed by atoms with Crippen molar-refractivity contribution in [3.05, 3.63) is 0 Å². The summed E-state index contributed by atoms with van der Waals surface area (Å²) in [6, 6.07) is 2.18. The lowest BCUT2D eigenvalue weighted by atomic mass is 9.63. The van der Waals surface area contributed by atoms with Gasteiger partial charge in [0.15, 0.2) is 0 Å². The SMILES string of the molecule is CSCC(C)CNC(=O)C1(C#N)CC(C)C1. The highest BCUT2D eigenvalue weighted by Crippen LogP contribution is 2.44. The molecule has 0 aromatic rings. The first-order valence-corrected chi connectivity index (χ1v) is 7.12. The zero-order valence-electron chi connectivity index (χ0n) is 10.2. The number of carbonyl (C=O) groups is 1. The summed E-state index contributed by atoms with van der Waals surface area (Å²) in [5.41, 5.74) is -0.724. The largest absolute Gasteiger partial charge is 0.354 e. The van der Waals surface area contributed by atoms with Gasteiger partial charge in [0, 0.05) is 6.54 Å². The third kappa shape index (κ3) is 2.91. The Morgan fingerprint density at radius 1 is 1.69 bits per heavy atom. The van der Waals surface area contributed by atoms with Crippen LogP contribution >= 0.6 is 11.8 Å². The first kappa shape index (κ1) is 13.4. The number of nitriles is 1. The number of hydrogen-bond acceptors (Lipinski definition) is 3. The predicted octanol–water partition coefficient (Wildman–Crippen LogP) is 2.04. The summed E-state index contributed by atoms with van der Waals surface area (Å²) < 4.78 is 0. The Morgan fingerprint density at radius 3 is 2.75 bits per heavy atom. The predicted molar refractivity (Wildman–Crippen MR) is 67.0 cm³/mol. The first-order valence-electron chi connectivity index (χ1n) is 5.72. The van der Waals surface area contributed by atoms with E-state index in [-0.39, 0.29) is 5.91 Å². The van der Waals surface area contributed by atoms with Crippen LogP contribution in [0.25, 0.3) is 0 Å². The number of rotatable bonds is 5. The fourth-order valence-corrected chi connectivity index (χ4v) is 2.92. The molecule has 1 rings (SSSR count). The van der Waals surface area contributed by atoms with Crippen molar-refractivity contribution < 1.29 is 4.79 Å². The minimum atomic E-state index is -0.724. The second kappa shape index (κ2) is 5.58. The maximum absolute atomic E-state index is 11.9. The van der Waals surface area contributed by atoms with Crippen molar-refractivity contribution in [3.63, 3.8) is 0 Å². The third-order valence-electron chi connectivity index (χ3n) is 3.10. The van der Waals surface area contributed by atoms with E-state index in [0.717, 1.165) is 5.75 Å². The average molecular weight is 240 g/mol. The Balaban J connectivity index is 2.38. The molecule has 0 aromatic heterocycles. The van der Waals surface area contributed by atoms with Crippen LogP contribution in [0.1, 0.15) is 26.7 Å². The fourth-order valence-electron chi connectivity index (χ4n) is 2.24. The van der Waals surface area contributed by atoms with Gasteiger partial charge in [-0.3, -0.25) is 4.79 Å². The number of nitrogens with one attached hydrogen (secondary N) is 1. The van der Waals surface area contributed by atoms with Crippen molar-refractivity contribution in [2.24, 2.45) is 17.3 Å². The van der Waals surface area contributed by atoms with Crippen LogP contribution in [-0.2, 0) is 4.79 Å². The van der Waals surface area contributed by atoms with Crippen molar-refractivity contribution in [3.8, 4) is 6.07 Å². The molecule has 3 nitrogen and oxygen atoms in total. The molecule has 0 saturated heterocycles. The van der Waals surface area contributed by atoms with Crippen LogP contribution in [0.2, 0.25) is 0 Å². The van der Waals surface area contributed by atoms with E-state index < -0.39 is 5.41 Å². The molecule has 1 saturated carbocycles. The molecular formula is C12H20N2OS. The van der Waals surface area contributed by atoms with Crippen LogP contribution in [0.5, 0.6) is 0 Å². The second-order valence-electron chi connectivity index (χ2n) is 4.98. The zero-order valence-corrected chi connectivity index (χ0v) is 11.1. The zero-order chi connectivity index (χ0) is 12.2. The lowest BCUT2D eigenvalue weighted by Crippen LogP contribution is -2.49. The maximum Gasteiger partial charge on any atom is 0.240 e. The Morgan fingerprint density at radius 2 is 2.31 bits per heavy atom. The summed E-state index contributed by atoms with van der Waals surface area (Å²) in [5, 5.41) is 12.0. The molecule has 1 atom stereocenters. The van der Waals surface area contributed by atoms with Gasteiger partial charge < -0.3 is 5.32 Å². The van der Waals surface area contributed by atoms with Gasteiger partial charge in [-0.1, -0.05) is 13.8 Å². The van der Waals surface area contributed by atoms with Gasteiger partial charge in [0.1, 0.15) is 5.41 Å². The number of carbonyl (C=O) groups excluding carboxylic acids is 1. The highest BCUT2D eigenvalue weighted by Gasteiger charge is 2.48. The van der Waals surface area contributed by atoms with Gasteiger partial charge in [0.05, 0.1) is 6.07 Å². The minimum absolute atomic E-state index is 0.0685. The summed E-state index contributed by atoms with van der Waals surface area (Å²) in [6.07, 6.45) is 3.49. The van der Waals surface area contributed by atoms with E-state index in [0.29, 0.717) is 31.2 Å². The molecule has 1 aliphatic carbocycles. The van der Waals surface area contributed by atoms with Crippen LogP contribution in [0, 0.1) is 28.6 Å². The highest BCUT2D eigenvalue weighted by molar-refractivity contribution is 7.98. The molecule has 1 amide bonds. The fraction of sp³-hybridized carbons (Fsp3) is 0.833. The molecule has 1 fully saturated rings. The van der Waals surface area contributed by atoms with Gasteiger partial charge in [-0.25, -0.2) is 0 Å². The van der Waals surface area contributed by atoms with Crippen molar-refractivity contribution in [1.82, 2.24) is 5.32 Å². The van der Waals surface area contributed by atoms with Crippen molar-refractivity contribution >= 4 is 17.7 Å². The van der Waals surface area contributed by atoms with Gasteiger partial charge in [-0.05, 0) is 36.7 Å². The van der Waals surface area contributed by atoms with E-state index in [4.69, 9.17) is 5.26 Å². The number of thioether (sulfide) groups is 1. The molecule has 90 valence electrons. The van der Waals surface area contributed by atoms with Crippen molar-refractivity contribution in [1.29, 1.82) is 5.26 Å². The van der Waals surface area contributed by atoms with E-state index in [1.54, 1.807) is 11.8 Å². The lowest BCUT2D eigenvalue weighted by Gasteiger charge is -2.39. The maximum atomic E-state index is 11.9. The third-order valence-corrected chi connectivity index (χ3v) is 4.01. The first-order chi connectivity index (χ1) is 7.54. The monoisotopic (exact) mass is 240 g/mol. The van der Waals surface area contributed by atoms with Crippen LogP contribution in [0.3, 0.4) is 0 Å². The lowest BCUT2D eigenvalue weighted by molar-refractivity contribution is -0.134. The Hall–Kier alpha value is -0.690. The molecule has 0 heterocycles. The molecule has 4 heteroatoms. The molecule has 16 heavy (non-hydrogen) atoms. The number of hydrogen-bond donors (Lipinski definition) is 1. The van der Waals surface area contributed by atoms with Gasteiger partial charge in [-0.2, -0.15) is 17.0 Å². The van der Waals surface area contributed by atoms with Crippen LogP contribution in [-0.4, -0.2) is 24.5 Å². The van der Waals surface area contributed by atoms with E-state index >= 15 is 0 Å². The van der Waals surface area contributed by atoms with Crippen LogP contribution < -0.4 is 5.32 Å². The van der Waals surface area contributed by atoms with Gasteiger partial charge in [0.25, 0.3) is 0 Å². The normalized spacial score (nSPS) is 30.0. The average Bonchev–Trinajstić information content (AvgIpc) is 2.21. The smallest absolute Gasteiger partial charge is 0.240 e. The highest BCUT2D eigenvalue weighted by atomic mass is 32.2. The molecule has 0 spiro atoms. The molecule has 1 aliphatic rings.